The fraction of sp³-hybridized carbons (Fsp3) is 0.200. The normalized spacial score (nSPS) is 16.3. The van der Waals surface area contributed by atoms with E-state index in [0.717, 1.165) is 24.3 Å². The lowest BCUT2D eigenvalue weighted by Gasteiger charge is -2.32. The van der Waals surface area contributed by atoms with Gasteiger partial charge in [-0.25, -0.2) is 9.18 Å². The third-order valence-electron chi connectivity index (χ3n) is 5.58. The summed E-state index contributed by atoms with van der Waals surface area (Å²) in [6.07, 6.45) is -3.39. The number of benzene rings is 3. The lowest BCUT2D eigenvalue weighted by atomic mass is 10.0. The summed E-state index contributed by atoms with van der Waals surface area (Å²) in [7, 11) is 0. The largest absolute Gasteiger partial charge is 0.416 e. The Morgan fingerprint density at radius 3 is 2.26 bits per heavy atom. The van der Waals surface area contributed by atoms with Crippen molar-refractivity contribution in [2.75, 3.05) is 16.8 Å². The molecule has 0 bridgehead atoms. The second-order valence-corrected chi connectivity index (χ2v) is 7.88. The Morgan fingerprint density at radius 2 is 1.62 bits per heavy atom. The molecule has 1 fully saturated rings. The van der Waals surface area contributed by atoms with Crippen molar-refractivity contribution in [3.8, 4) is 11.1 Å². The summed E-state index contributed by atoms with van der Waals surface area (Å²) in [5, 5.41) is 5.04. The van der Waals surface area contributed by atoms with Gasteiger partial charge in [0, 0.05) is 23.5 Å². The van der Waals surface area contributed by atoms with Crippen molar-refractivity contribution in [2.45, 2.75) is 25.1 Å². The summed E-state index contributed by atoms with van der Waals surface area (Å²) < 4.78 is 52.1. The topological polar surface area (TPSA) is 61.4 Å². The molecule has 9 heteroatoms. The number of hydrogen-bond donors (Lipinski definition) is 2. The van der Waals surface area contributed by atoms with E-state index in [1.165, 1.54) is 6.07 Å². The van der Waals surface area contributed by atoms with Crippen LogP contribution >= 0.6 is 0 Å². The summed E-state index contributed by atoms with van der Waals surface area (Å²) >= 11 is 0. The van der Waals surface area contributed by atoms with Gasteiger partial charge in [-0.15, -0.1) is 0 Å². The van der Waals surface area contributed by atoms with Crippen LogP contribution in [0.5, 0.6) is 0 Å². The van der Waals surface area contributed by atoms with E-state index in [1.807, 2.05) is 0 Å². The van der Waals surface area contributed by atoms with Gasteiger partial charge in [-0.2, -0.15) is 13.2 Å². The summed E-state index contributed by atoms with van der Waals surface area (Å²) in [4.78, 5) is 26.9. The molecule has 3 aromatic rings. The highest BCUT2D eigenvalue weighted by Crippen LogP contribution is 2.30. The fourth-order valence-corrected chi connectivity index (χ4v) is 3.85. The highest BCUT2D eigenvalue weighted by molar-refractivity contribution is 6.01. The molecule has 5 nitrogen and oxygen atoms in total. The van der Waals surface area contributed by atoms with Gasteiger partial charge < -0.3 is 15.5 Å². The lowest BCUT2D eigenvalue weighted by molar-refractivity contribution is -0.137. The maximum Gasteiger partial charge on any atom is 0.416 e. The average Bonchev–Trinajstić information content (AvgIpc) is 2.81. The van der Waals surface area contributed by atoms with Gasteiger partial charge in [-0.1, -0.05) is 30.3 Å². The van der Waals surface area contributed by atoms with Crippen molar-refractivity contribution in [2.24, 2.45) is 0 Å². The second-order valence-electron chi connectivity index (χ2n) is 7.88. The number of hydrogen-bond acceptors (Lipinski definition) is 2. The number of carbonyl (C=O) groups excluding carboxylic acids is 2. The Labute approximate surface area is 193 Å². The van der Waals surface area contributed by atoms with Crippen molar-refractivity contribution >= 4 is 23.3 Å². The lowest BCUT2D eigenvalue weighted by Crippen LogP contribution is -2.53. The van der Waals surface area contributed by atoms with Gasteiger partial charge in [0.25, 0.3) is 0 Å². The smallest absolute Gasteiger partial charge is 0.326 e. The number of piperidine rings is 1. The van der Waals surface area contributed by atoms with Gasteiger partial charge in [0.2, 0.25) is 5.91 Å². The molecule has 1 saturated heterocycles. The van der Waals surface area contributed by atoms with Crippen molar-refractivity contribution in [1.82, 2.24) is 5.32 Å². The van der Waals surface area contributed by atoms with Crippen LogP contribution in [0.2, 0.25) is 0 Å². The molecule has 0 radical (unpaired) electrons. The average molecular weight is 471 g/mol. The van der Waals surface area contributed by atoms with Crippen LogP contribution in [0.25, 0.3) is 11.1 Å². The Balaban J connectivity index is 1.40. The van der Waals surface area contributed by atoms with E-state index >= 15 is 0 Å². The first-order chi connectivity index (χ1) is 16.2. The number of nitrogens with zero attached hydrogens (tertiary/aromatic N) is 1. The predicted octanol–water partition coefficient (Wildman–Crippen LogP) is 5.83. The molecule has 2 N–H and O–H groups in total. The Morgan fingerprint density at radius 1 is 0.941 bits per heavy atom. The van der Waals surface area contributed by atoms with E-state index in [0.29, 0.717) is 36.2 Å². The number of halogens is 4. The Hall–Kier alpha value is -3.88. The van der Waals surface area contributed by atoms with Crippen molar-refractivity contribution in [3.63, 3.8) is 0 Å². The number of alkyl halides is 3. The molecule has 1 atom stereocenters. The molecule has 0 saturated carbocycles. The monoisotopic (exact) mass is 471 g/mol. The van der Waals surface area contributed by atoms with Crippen LogP contribution in [-0.2, 0) is 11.0 Å². The molecule has 1 heterocycles. The van der Waals surface area contributed by atoms with Gasteiger partial charge >= 0.3 is 12.2 Å². The zero-order valence-corrected chi connectivity index (χ0v) is 17.9. The van der Waals surface area contributed by atoms with E-state index < -0.39 is 23.8 Å². The minimum Gasteiger partial charge on any atom is -0.326 e. The summed E-state index contributed by atoms with van der Waals surface area (Å²) in [5.41, 5.74) is 1.11. The highest BCUT2D eigenvalue weighted by atomic mass is 19.4. The van der Waals surface area contributed by atoms with Gasteiger partial charge in [-0.05, 0) is 60.9 Å². The minimum absolute atomic E-state index is 0.175. The first kappa shape index (κ1) is 23.3. The van der Waals surface area contributed by atoms with Crippen LogP contribution in [0.4, 0.5) is 33.7 Å². The molecule has 1 aliphatic heterocycles. The number of nitrogens with one attached hydrogen (secondary N) is 2. The van der Waals surface area contributed by atoms with E-state index in [4.69, 9.17) is 0 Å². The van der Waals surface area contributed by atoms with Gasteiger partial charge in [0.1, 0.15) is 11.9 Å². The number of amides is 3. The van der Waals surface area contributed by atoms with Crippen molar-refractivity contribution in [3.05, 3.63) is 84.2 Å². The second kappa shape index (κ2) is 9.54. The van der Waals surface area contributed by atoms with Crippen LogP contribution < -0.4 is 15.5 Å². The highest BCUT2D eigenvalue weighted by Gasteiger charge is 2.32. The Bertz CT molecular complexity index is 1180. The molecular formula is C25H21F4N3O2. The quantitative estimate of drug-likeness (QED) is 0.471. The van der Waals surface area contributed by atoms with E-state index in [-0.39, 0.29) is 17.4 Å². The third-order valence-corrected chi connectivity index (χ3v) is 5.58. The fourth-order valence-electron chi connectivity index (χ4n) is 3.85. The van der Waals surface area contributed by atoms with Crippen LogP contribution in [0.15, 0.2) is 72.8 Å². The van der Waals surface area contributed by atoms with E-state index in [9.17, 15) is 27.2 Å². The van der Waals surface area contributed by atoms with Gasteiger partial charge in [0.05, 0.1) is 5.56 Å². The predicted molar refractivity (Wildman–Crippen MR) is 121 cm³/mol. The molecule has 0 aromatic heterocycles. The van der Waals surface area contributed by atoms with Crippen LogP contribution in [-0.4, -0.2) is 24.5 Å². The first-order valence-electron chi connectivity index (χ1n) is 10.6. The number of anilines is 2. The number of urea groups is 1. The third kappa shape index (κ3) is 5.19. The molecule has 3 aromatic carbocycles. The number of rotatable bonds is 4. The molecule has 3 amide bonds. The summed E-state index contributed by atoms with van der Waals surface area (Å²) in [6.45, 7) is 0.469. The summed E-state index contributed by atoms with van der Waals surface area (Å²) in [6, 6.07) is 15.9. The molecule has 0 unspecified atom stereocenters. The standard InChI is InChI=1S/C25H21F4N3O2/c26-21-5-2-1-4-20(21)16-7-13-19(14-8-16)32-15-3-6-22(23(32)33)31-24(34)30-18-11-9-17(10-12-18)25(27,28)29/h1-2,4-5,7-14,22H,3,6,15H2,(H2,30,31,34)/t22-/m1/s1. The zero-order chi connectivity index (χ0) is 24.3. The van der Waals surface area contributed by atoms with Crippen molar-refractivity contribution < 1.29 is 27.2 Å². The molecule has 0 spiro atoms. The summed E-state index contributed by atoms with van der Waals surface area (Å²) in [5.74, 6) is -0.639. The molecule has 176 valence electrons. The molecule has 0 aliphatic carbocycles. The maximum absolute atomic E-state index is 14.0. The Kier molecular flexibility index (Phi) is 6.54. The van der Waals surface area contributed by atoms with E-state index in [1.54, 1.807) is 47.4 Å². The first-order valence-corrected chi connectivity index (χ1v) is 10.6. The minimum atomic E-state index is -4.47. The van der Waals surface area contributed by atoms with Crippen LogP contribution in [0, 0.1) is 5.82 Å². The van der Waals surface area contributed by atoms with E-state index in [2.05, 4.69) is 10.6 Å². The van der Waals surface area contributed by atoms with Crippen molar-refractivity contribution in [1.29, 1.82) is 0 Å². The van der Waals surface area contributed by atoms with Gasteiger partial charge in [0.15, 0.2) is 0 Å². The molecule has 1 aliphatic rings. The SMILES string of the molecule is O=C(Nc1ccc(C(F)(F)F)cc1)N[C@@H]1CCCN(c2ccc(-c3ccccc3F)cc2)C1=O. The number of carbonyl (C=O) groups is 2. The van der Waals surface area contributed by atoms with Crippen LogP contribution in [0.1, 0.15) is 18.4 Å². The molecular weight excluding hydrogens is 450 g/mol. The van der Waals surface area contributed by atoms with Gasteiger partial charge in [-0.3, -0.25) is 4.79 Å². The molecule has 4 rings (SSSR count). The van der Waals surface area contributed by atoms with Crippen LogP contribution in [0.3, 0.4) is 0 Å². The zero-order valence-electron chi connectivity index (χ0n) is 17.9. The maximum atomic E-state index is 14.0. The molecule has 34 heavy (non-hydrogen) atoms.